The molecule has 0 amide bonds. The molecule has 27 heavy (non-hydrogen) atoms. The van der Waals surface area contributed by atoms with E-state index in [-0.39, 0.29) is 24.0 Å². The minimum Gasteiger partial charge on any atom is -0.469 e. The average molecular weight is 488 g/mol. The lowest BCUT2D eigenvalue weighted by molar-refractivity contribution is 0.117. The SMILES string of the molecule is I.c1coc(CCNC(=NCC2CCCO2)N2CCC(N3CCCC3)C2)c1. The van der Waals surface area contributed by atoms with Crippen LogP contribution in [0.3, 0.4) is 0 Å². The van der Waals surface area contributed by atoms with E-state index in [4.69, 9.17) is 14.1 Å². The molecule has 6 nitrogen and oxygen atoms in total. The van der Waals surface area contributed by atoms with E-state index in [1.165, 1.54) is 38.8 Å². The van der Waals surface area contributed by atoms with E-state index < -0.39 is 0 Å². The first-order chi connectivity index (χ1) is 12.9. The fourth-order valence-electron chi connectivity index (χ4n) is 4.34. The van der Waals surface area contributed by atoms with E-state index in [0.717, 1.165) is 57.3 Å². The highest BCUT2D eigenvalue weighted by molar-refractivity contribution is 14.0. The van der Waals surface area contributed by atoms with Gasteiger partial charge in [0.2, 0.25) is 0 Å². The van der Waals surface area contributed by atoms with E-state index in [0.29, 0.717) is 12.1 Å². The second-order valence-electron chi connectivity index (χ2n) is 7.69. The number of guanidine groups is 1. The maximum atomic E-state index is 5.76. The third kappa shape index (κ3) is 5.84. The van der Waals surface area contributed by atoms with Crippen LogP contribution in [0.5, 0.6) is 0 Å². The molecular formula is C20H33IN4O2. The van der Waals surface area contributed by atoms with Crippen LogP contribution in [0, 0.1) is 0 Å². The molecule has 3 fully saturated rings. The topological polar surface area (TPSA) is 53.2 Å². The van der Waals surface area contributed by atoms with Crippen LogP contribution in [0.15, 0.2) is 27.8 Å². The molecular weight excluding hydrogens is 455 g/mol. The standard InChI is InChI=1S/C20H32N4O2.HI/c1-2-11-23(10-1)17-8-12-24(16-17)20(22-15-19-6-4-14-26-19)21-9-7-18-5-3-13-25-18;/h3,5,13,17,19H,1-2,4,6-12,14-16H2,(H,21,22);1H. The van der Waals surface area contributed by atoms with E-state index in [1.54, 1.807) is 6.26 Å². The second kappa shape index (κ2) is 10.7. The van der Waals surface area contributed by atoms with Crippen molar-refractivity contribution in [2.45, 2.75) is 50.7 Å². The van der Waals surface area contributed by atoms with Crippen LogP contribution >= 0.6 is 24.0 Å². The summed E-state index contributed by atoms with van der Waals surface area (Å²) in [5, 5.41) is 3.58. The van der Waals surface area contributed by atoms with Crippen molar-refractivity contribution in [2.75, 3.05) is 45.9 Å². The van der Waals surface area contributed by atoms with Gasteiger partial charge in [0.05, 0.1) is 18.9 Å². The van der Waals surface area contributed by atoms with E-state index in [9.17, 15) is 0 Å². The summed E-state index contributed by atoms with van der Waals surface area (Å²) < 4.78 is 11.2. The Morgan fingerprint density at radius 3 is 2.81 bits per heavy atom. The van der Waals surface area contributed by atoms with Crippen LogP contribution < -0.4 is 5.32 Å². The Bertz CT molecular complexity index is 569. The number of furan rings is 1. The molecule has 0 bridgehead atoms. The van der Waals surface area contributed by atoms with Gasteiger partial charge < -0.3 is 19.4 Å². The minimum atomic E-state index is 0. The Hall–Kier alpha value is -0.800. The average Bonchev–Trinajstić information content (AvgIpc) is 3.45. The summed E-state index contributed by atoms with van der Waals surface area (Å²) in [6.07, 6.45) is 9.20. The summed E-state index contributed by atoms with van der Waals surface area (Å²) in [6.45, 7) is 7.25. The molecule has 1 aromatic rings. The number of halogens is 1. The lowest BCUT2D eigenvalue weighted by atomic mass is 10.2. The van der Waals surface area contributed by atoms with E-state index in [2.05, 4.69) is 15.1 Å². The van der Waals surface area contributed by atoms with Crippen molar-refractivity contribution in [3.05, 3.63) is 24.2 Å². The molecule has 1 N–H and O–H groups in total. The molecule has 0 saturated carbocycles. The van der Waals surface area contributed by atoms with Gasteiger partial charge >= 0.3 is 0 Å². The summed E-state index contributed by atoms with van der Waals surface area (Å²) in [5.41, 5.74) is 0. The van der Waals surface area contributed by atoms with Crippen molar-refractivity contribution in [1.29, 1.82) is 0 Å². The Morgan fingerprint density at radius 1 is 1.19 bits per heavy atom. The van der Waals surface area contributed by atoms with Gasteiger partial charge in [0.15, 0.2) is 5.96 Å². The molecule has 2 unspecified atom stereocenters. The first-order valence-corrected chi connectivity index (χ1v) is 10.3. The van der Waals surface area contributed by atoms with Gasteiger partial charge in [-0.2, -0.15) is 0 Å². The summed E-state index contributed by atoms with van der Waals surface area (Å²) in [5.74, 6) is 2.07. The quantitative estimate of drug-likeness (QED) is 0.379. The molecule has 2 atom stereocenters. The Morgan fingerprint density at radius 2 is 2.07 bits per heavy atom. The number of ether oxygens (including phenoxy) is 1. The molecule has 3 aliphatic heterocycles. The normalized spacial score (nSPS) is 26.5. The predicted octanol–water partition coefficient (Wildman–Crippen LogP) is 2.73. The smallest absolute Gasteiger partial charge is 0.194 e. The predicted molar refractivity (Wildman–Crippen MR) is 118 cm³/mol. The van der Waals surface area contributed by atoms with Crippen LogP contribution in [-0.4, -0.2) is 73.8 Å². The number of hydrogen-bond acceptors (Lipinski definition) is 4. The van der Waals surface area contributed by atoms with Gasteiger partial charge in [-0.25, -0.2) is 0 Å². The van der Waals surface area contributed by atoms with Crippen LogP contribution in [-0.2, 0) is 11.2 Å². The van der Waals surface area contributed by atoms with Gasteiger partial charge in [-0.1, -0.05) is 0 Å². The second-order valence-corrected chi connectivity index (χ2v) is 7.69. The van der Waals surface area contributed by atoms with Crippen LogP contribution in [0.1, 0.15) is 37.9 Å². The largest absolute Gasteiger partial charge is 0.469 e. The Labute approximate surface area is 179 Å². The monoisotopic (exact) mass is 488 g/mol. The third-order valence-electron chi connectivity index (χ3n) is 5.82. The lowest BCUT2D eigenvalue weighted by Gasteiger charge is -2.26. The summed E-state index contributed by atoms with van der Waals surface area (Å²) in [7, 11) is 0. The van der Waals surface area contributed by atoms with E-state index >= 15 is 0 Å². The maximum Gasteiger partial charge on any atom is 0.194 e. The number of aliphatic imine (C=N–C) groups is 1. The lowest BCUT2D eigenvalue weighted by Crippen LogP contribution is -2.43. The molecule has 7 heteroatoms. The fraction of sp³-hybridized carbons (Fsp3) is 0.750. The van der Waals surface area contributed by atoms with Crippen molar-refractivity contribution in [3.8, 4) is 0 Å². The number of nitrogens with zero attached hydrogens (tertiary/aromatic N) is 3. The van der Waals surface area contributed by atoms with Gasteiger partial charge in [-0.05, 0) is 57.3 Å². The van der Waals surface area contributed by atoms with Crippen molar-refractivity contribution in [3.63, 3.8) is 0 Å². The van der Waals surface area contributed by atoms with Crippen LogP contribution in [0.25, 0.3) is 0 Å². The first-order valence-electron chi connectivity index (χ1n) is 10.3. The highest BCUT2D eigenvalue weighted by Crippen LogP contribution is 2.21. The molecule has 3 aliphatic rings. The molecule has 0 radical (unpaired) electrons. The van der Waals surface area contributed by atoms with Gasteiger partial charge in [-0.15, -0.1) is 24.0 Å². The summed E-state index contributed by atoms with van der Waals surface area (Å²) >= 11 is 0. The Kier molecular flexibility index (Phi) is 8.26. The van der Waals surface area contributed by atoms with Gasteiger partial charge in [0, 0.05) is 38.7 Å². The zero-order valence-corrected chi connectivity index (χ0v) is 18.5. The maximum absolute atomic E-state index is 5.76. The molecule has 152 valence electrons. The molecule has 4 heterocycles. The molecule has 0 aliphatic carbocycles. The zero-order chi connectivity index (χ0) is 17.6. The molecule has 0 aromatic carbocycles. The summed E-state index contributed by atoms with van der Waals surface area (Å²) in [6, 6.07) is 4.67. The van der Waals surface area contributed by atoms with Crippen molar-refractivity contribution in [2.24, 2.45) is 4.99 Å². The van der Waals surface area contributed by atoms with Gasteiger partial charge in [-0.3, -0.25) is 9.89 Å². The van der Waals surface area contributed by atoms with E-state index in [1.807, 2.05) is 12.1 Å². The van der Waals surface area contributed by atoms with Gasteiger partial charge in [0.1, 0.15) is 5.76 Å². The number of likely N-dealkylation sites (tertiary alicyclic amines) is 2. The number of rotatable bonds is 6. The highest BCUT2D eigenvalue weighted by Gasteiger charge is 2.31. The molecule has 4 rings (SSSR count). The minimum absolute atomic E-state index is 0. The van der Waals surface area contributed by atoms with Crippen molar-refractivity contribution >= 4 is 29.9 Å². The molecule has 0 spiro atoms. The van der Waals surface area contributed by atoms with Gasteiger partial charge in [0.25, 0.3) is 0 Å². The molecule has 3 saturated heterocycles. The number of hydrogen-bond donors (Lipinski definition) is 1. The number of nitrogens with one attached hydrogen (secondary N) is 1. The Balaban J connectivity index is 0.00000210. The highest BCUT2D eigenvalue weighted by atomic mass is 127. The van der Waals surface area contributed by atoms with Crippen molar-refractivity contribution < 1.29 is 9.15 Å². The molecule has 1 aromatic heterocycles. The zero-order valence-electron chi connectivity index (χ0n) is 16.1. The van der Waals surface area contributed by atoms with Crippen LogP contribution in [0.2, 0.25) is 0 Å². The van der Waals surface area contributed by atoms with Crippen LogP contribution in [0.4, 0.5) is 0 Å². The summed E-state index contributed by atoms with van der Waals surface area (Å²) in [4.78, 5) is 10.0. The fourth-order valence-corrected chi connectivity index (χ4v) is 4.34. The first kappa shape index (κ1) is 20.9. The van der Waals surface area contributed by atoms with Crippen molar-refractivity contribution in [1.82, 2.24) is 15.1 Å². The third-order valence-corrected chi connectivity index (χ3v) is 5.82.